The number of carbonyl (C=O) groups excluding carboxylic acids is 2. The summed E-state index contributed by atoms with van der Waals surface area (Å²) in [7, 11) is 2.51. The number of hydrogen-bond donors (Lipinski definition) is 1. The molecular weight excluding hydrogens is 523 g/mol. The molecule has 0 aliphatic rings. The number of nitrogens with one attached hydrogen (secondary N) is 1. The minimum absolute atomic E-state index is 0.177. The van der Waals surface area contributed by atoms with Crippen LogP contribution in [0.3, 0.4) is 0 Å². The molecule has 13 heavy (non-hydrogen) atoms. The van der Waals surface area contributed by atoms with Crippen LogP contribution in [-0.2, 0) is 51.7 Å². The zero-order valence-electron chi connectivity index (χ0n) is 7.19. The second-order valence-electron chi connectivity index (χ2n) is 2.49. The van der Waals surface area contributed by atoms with Gasteiger partial charge in [0.15, 0.2) is 0 Å². The van der Waals surface area contributed by atoms with E-state index < -0.39 is 0 Å². The summed E-state index contributed by atoms with van der Waals surface area (Å²) < 4.78 is 1.23. The third-order valence-corrected chi connectivity index (χ3v) is 4.14. The van der Waals surface area contributed by atoms with Crippen molar-refractivity contribution in [1.29, 1.82) is 0 Å². The second kappa shape index (κ2) is 8.51. The minimum atomic E-state index is -0.237. The third kappa shape index (κ3) is 6.32. The van der Waals surface area contributed by atoms with Crippen LogP contribution in [0.25, 0.3) is 0 Å². The van der Waals surface area contributed by atoms with Crippen molar-refractivity contribution in [2.45, 2.75) is 21.7 Å². The summed E-state index contributed by atoms with van der Waals surface area (Å²) in [4.78, 5) is 22.5. The van der Waals surface area contributed by atoms with E-state index in [1.54, 1.807) is 0 Å². The number of Topliss-reactive ketones (excluding diaryl/α,β-unsaturated/α-hetero) is 2. The molecule has 0 saturated heterocycles. The summed E-state index contributed by atoms with van der Waals surface area (Å²) in [5, 5.41) is 3.02. The standard InChI is InChI=1S/C7H12NO2P.2Ta/c1-5(9)3-7(6(2)10)8-4-11;;/h7-8H,1-4,11H2;;. The molecule has 0 spiro atoms. The molecule has 0 rings (SSSR count). The van der Waals surface area contributed by atoms with Crippen LogP contribution in [0.4, 0.5) is 0 Å². The molecule has 0 aromatic carbocycles. The van der Waals surface area contributed by atoms with Gasteiger partial charge >= 0.3 is 106 Å². The first-order chi connectivity index (χ1) is 6.15. The molecule has 0 radical (unpaired) electrons. The Morgan fingerprint density at radius 1 is 1.31 bits per heavy atom. The fourth-order valence-corrected chi connectivity index (χ4v) is 2.38. The van der Waals surface area contributed by atoms with Gasteiger partial charge in [-0.2, -0.15) is 0 Å². The first-order valence-corrected chi connectivity index (χ1v) is 9.21. The molecule has 0 amide bonds. The van der Waals surface area contributed by atoms with E-state index in [4.69, 9.17) is 0 Å². The molecule has 6 heteroatoms. The van der Waals surface area contributed by atoms with Gasteiger partial charge in [-0.05, 0) is 0 Å². The normalized spacial score (nSPS) is 12.4. The predicted octanol–water partition coefficient (Wildman–Crippen LogP) is 0.236. The summed E-state index contributed by atoms with van der Waals surface area (Å²) in [6.45, 7) is 0. The second-order valence-corrected chi connectivity index (χ2v) is 5.17. The van der Waals surface area contributed by atoms with Gasteiger partial charge in [-0.15, -0.1) is 0 Å². The Hall–Kier alpha value is 1.21. The van der Waals surface area contributed by atoms with Crippen molar-refractivity contribution in [1.82, 2.24) is 5.32 Å². The van der Waals surface area contributed by atoms with E-state index in [-0.39, 0.29) is 17.6 Å². The van der Waals surface area contributed by atoms with Crippen molar-refractivity contribution in [2.75, 3.05) is 6.29 Å². The Labute approximate surface area is 105 Å². The Morgan fingerprint density at radius 3 is 2.31 bits per heavy atom. The van der Waals surface area contributed by atoms with Gasteiger partial charge in [0, 0.05) is 0 Å². The van der Waals surface area contributed by atoms with E-state index in [2.05, 4.69) is 14.6 Å². The maximum atomic E-state index is 11.4. The zero-order chi connectivity index (χ0) is 10.3. The Balaban J connectivity index is 4.08. The van der Waals surface area contributed by atoms with Gasteiger partial charge < -0.3 is 0 Å². The molecule has 1 N–H and O–H groups in total. The van der Waals surface area contributed by atoms with Gasteiger partial charge in [-0.3, -0.25) is 0 Å². The van der Waals surface area contributed by atoms with E-state index in [9.17, 15) is 9.59 Å². The number of hydrogen-bond acceptors (Lipinski definition) is 3. The topological polar surface area (TPSA) is 46.2 Å². The van der Waals surface area contributed by atoms with Crippen LogP contribution in [0.2, 0.25) is 9.28 Å². The first kappa shape index (κ1) is 14.2. The van der Waals surface area contributed by atoms with Crippen molar-refractivity contribution >= 4 is 20.8 Å². The molecule has 72 valence electrons. The van der Waals surface area contributed by atoms with Crippen LogP contribution < -0.4 is 5.32 Å². The van der Waals surface area contributed by atoms with Gasteiger partial charge in [0.25, 0.3) is 0 Å². The van der Waals surface area contributed by atoms with Gasteiger partial charge in [0.05, 0.1) is 0 Å². The maximum absolute atomic E-state index is 11.4. The zero-order valence-corrected chi connectivity index (χ0v) is 14.8. The van der Waals surface area contributed by atoms with Crippen molar-refractivity contribution in [3.05, 3.63) is 0 Å². The summed E-state index contributed by atoms with van der Waals surface area (Å²) >= 11 is 2.15. The van der Waals surface area contributed by atoms with E-state index >= 15 is 0 Å². The van der Waals surface area contributed by atoms with Gasteiger partial charge in [0.2, 0.25) is 0 Å². The fourth-order valence-electron chi connectivity index (χ4n) is 0.845. The molecule has 0 heterocycles. The van der Waals surface area contributed by atoms with Crippen molar-refractivity contribution < 1.29 is 51.7 Å². The molecule has 2 atom stereocenters. The number of ketones is 2. The van der Waals surface area contributed by atoms with Crippen LogP contribution in [0, 0.1) is 0 Å². The Morgan fingerprint density at radius 2 is 1.92 bits per heavy atom. The quantitative estimate of drug-likeness (QED) is 0.476. The van der Waals surface area contributed by atoms with Crippen molar-refractivity contribution in [3.8, 4) is 0 Å². The Bertz CT molecular complexity index is 189. The molecular formula is C7H12NO2PTa2. The molecule has 0 saturated carbocycles. The van der Waals surface area contributed by atoms with E-state index in [1.165, 1.54) is 0 Å². The van der Waals surface area contributed by atoms with Crippen LogP contribution >= 0.6 is 9.24 Å². The van der Waals surface area contributed by atoms with Gasteiger partial charge in [-0.1, -0.05) is 0 Å². The van der Waals surface area contributed by atoms with Crippen LogP contribution in [0.1, 0.15) is 6.42 Å². The summed E-state index contributed by atoms with van der Waals surface area (Å²) in [5.41, 5.74) is 0. The molecule has 2 unspecified atom stereocenters. The average Bonchev–Trinajstić information content (AvgIpc) is 2.15. The number of carbonyl (C=O) groups is 2. The molecule has 0 aliphatic heterocycles. The van der Waals surface area contributed by atoms with Gasteiger partial charge in [0.1, 0.15) is 0 Å². The third-order valence-electron chi connectivity index (χ3n) is 1.52. The summed E-state index contributed by atoms with van der Waals surface area (Å²) in [5.74, 6) is 0.375. The monoisotopic (exact) mass is 535 g/mol. The summed E-state index contributed by atoms with van der Waals surface area (Å²) in [6, 6.07) is -0.237. The molecule has 0 aromatic rings. The molecule has 0 aromatic heterocycles. The molecule has 0 aliphatic carbocycles. The van der Waals surface area contributed by atoms with Crippen molar-refractivity contribution in [3.63, 3.8) is 0 Å². The van der Waals surface area contributed by atoms with E-state index in [0.29, 0.717) is 22.0 Å². The molecule has 3 nitrogen and oxygen atoms in total. The predicted molar refractivity (Wildman–Crippen MR) is 45.7 cm³/mol. The molecule has 0 fully saturated rings. The van der Waals surface area contributed by atoms with E-state index in [0.717, 1.165) is 42.1 Å². The van der Waals surface area contributed by atoms with E-state index in [1.807, 2.05) is 0 Å². The SMILES string of the molecule is O=C([CH2][Ta])CC(NCP)C(=O)[CH2][Ta]. The first-order valence-electron chi connectivity index (χ1n) is 3.85. The fraction of sp³-hybridized carbons (Fsp3) is 0.714. The van der Waals surface area contributed by atoms with Crippen LogP contribution in [0.15, 0.2) is 0 Å². The summed E-state index contributed by atoms with van der Waals surface area (Å²) in [6.07, 6.45) is 1.04. The van der Waals surface area contributed by atoms with Crippen LogP contribution in [-0.4, -0.2) is 23.9 Å². The van der Waals surface area contributed by atoms with Crippen LogP contribution in [0.5, 0.6) is 0 Å². The number of rotatable bonds is 7. The average molecular weight is 535 g/mol. The Kier molecular flexibility index (Phi) is 9.31. The van der Waals surface area contributed by atoms with Gasteiger partial charge in [-0.25, -0.2) is 0 Å². The molecule has 0 bridgehead atoms. The van der Waals surface area contributed by atoms with Crippen molar-refractivity contribution in [2.24, 2.45) is 0 Å².